The molecule has 150 valence electrons. The lowest BCUT2D eigenvalue weighted by atomic mass is 9.86. The zero-order valence-electron chi connectivity index (χ0n) is 15.2. The van der Waals surface area contributed by atoms with Gasteiger partial charge >= 0.3 is 5.69 Å². The summed E-state index contributed by atoms with van der Waals surface area (Å²) < 4.78 is 13.9. The number of hydrogen-bond acceptors (Lipinski definition) is 7. The van der Waals surface area contributed by atoms with Gasteiger partial charge in [-0.1, -0.05) is 17.7 Å². The Balaban J connectivity index is 1.67. The Morgan fingerprint density at radius 2 is 2.04 bits per heavy atom. The van der Waals surface area contributed by atoms with E-state index < -0.39 is 10.7 Å². The Kier molecular flexibility index (Phi) is 6.58. The normalized spacial score (nSPS) is 19.2. The summed E-state index contributed by atoms with van der Waals surface area (Å²) in [6.45, 7) is 0.705. The van der Waals surface area contributed by atoms with Crippen molar-refractivity contribution < 1.29 is 9.31 Å². The van der Waals surface area contributed by atoms with Gasteiger partial charge in [-0.25, -0.2) is 9.37 Å². The number of nitrogens with one attached hydrogen (secondary N) is 2. The fourth-order valence-electron chi connectivity index (χ4n) is 3.20. The first-order valence-corrected chi connectivity index (χ1v) is 9.49. The van der Waals surface area contributed by atoms with Gasteiger partial charge in [0.15, 0.2) is 0 Å². The van der Waals surface area contributed by atoms with Gasteiger partial charge < -0.3 is 16.4 Å². The van der Waals surface area contributed by atoms with Gasteiger partial charge in [-0.05, 0) is 43.7 Å². The lowest BCUT2D eigenvalue weighted by molar-refractivity contribution is -0.384. The Morgan fingerprint density at radius 3 is 2.71 bits per heavy atom. The molecule has 1 aliphatic rings. The van der Waals surface area contributed by atoms with E-state index in [-0.39, 0.29) is 30.0 Å². The number of aromatic nitrogens is 2. The van der Waals surface area contributed by atoms with Crippen LogP contribution in [0.2, 0.25) is 5.02 Å². The summed E-state index contributed by atoms with van der Waals surface area (Å²) in [4.78, 5) is 18.9. The van der Waals surface area contributed by atoms with Gasteiger partial charge in [0, 0.05) is 29.7 Å². The fraction of sp³-hybridized carbons (Fsp3) is 0.444. The second-order valence-electron chi connectivity index (χ2n) is 6.94. The van der Waals surface area contributed by atoms with Gasteiger partial charge in [0.2, 0.25) is 11.8 Å². The minimum absolute atomic E-state index is 0.126. The highest BCUT2D eigenvalue weighted by atomic mass is 35.5. The molecule has 0 saturated heterocycles. The van der Waals surface area contributed by atoms with E-state index in [4.69, 9.17) is 17.3 Å². The molecule has 1 aliphatic carbocycles. The molecule has 0 atom stereocenters. The van der Waals surface area contributed by atoms with Crippen molar-refractivity contribution in [2.45, 2.75) is 38.3 Å². The van der Waals surface area contributed by atoms with Crippen LogP contribution in [-0.2, 0) is 6.54 Å². The Bertz CT molecular complexity index is 845. The SMILES string of the molecule is NC1CCC(CNc2nc(NCc3ccc(Cl)cc3F)ncc2[N+](=O)[O-])CC1. The van der Waals surface area contributed by atoms with Gasteiger partial charge in [0.1, 0.15) is 12.0 Å². The van der Waals surface area contributed by atoms with Crippen molar-refractivity contribution in [3.63, 3.8) is 0 Å². The van der Waals surface area contributed by atoms with Crippen molar-refractivity contribution in [2.75, 3.05) is 17.2 Å². The van der Waals surface area contributed by atoms with Crippen LogP contribution in [0.1, 0.15) is 31.2 Å². The van der Waals surface area contributed by atoms with Crippen molar-refractivity contribution in [3.05, 3.63) is 50.9 Å². The summed E-state index contributed by atoms with van der Waals surface area (Å²) in [7, 11) is 0. The van der Waals surface area contributed by atoms with E-state index in [1.54, 1.807) is 12.1 Å². The summed E-state index contributed by atoms with van der Waals surface area (Å²) in [6.07, 6.45) is 5.02. The molecule has 0 amide bonds. The number of nitrogens with two attached hydrogens (primary N) is 1. The first-order valence-electron chi connectivity index (χ1n) is 9.11. The van der Waals surface area contributed by atoms with Crippen LogP contribution in [-0.4, -0.2) is 27.5 Å². The monoisotopic (exact) mass is 408 g/mol. The second-order valence-corrected chi connectivity index (χ2v) is 7.37. The minimum atomic E-state index is -0.526. The highest BCUT2D eigenvalue weighted by Gasteiger charge is 2.21. The predicted molar refractivity (Wildman–Crippen MR) is 106 cm³/mol. The van der Waals surface area contributed by atoms with Gasteiger partial charge in [0.05, 0.1) is 4.92 Å². The molecule has 28 heavy (non-hydrogen) atoms. The van der Waals surface area contributed by atoms with Gasteiger partial charge in [-0.3, -0.25) is 10.1 Å². The first kappa shape index (κ1) is 20.2. The smallest absolute Gasteiger partial charge is 0.329 e. The van der Waals surface area contributed by atoms with E-state index in [1.807, 2.05) is 0 Å². The van der Waals surface area contributed by atoms with Gasteiger partial charge in [-0.2, -0.15) is 4.98 Å². The summed E-state index contributed by atoms with van der Waals surface area (Å²) in [5.74, 6) is 0.270. The molecule has 1 saturated carbocycles. The number of rotatable bonds is 7. The molecule has 0 unspecified atom stereocenters. The largest absolute Gasteiger partial charge is 0.364 e. The van der Waals surface area contributed by atoms with E-state index in [2.05, 4.69) is 20.6 Å². The molecular formula is C18H22ClFN6O2. The minimum Gasteiger partial charge on any atom is -0.364 e. The summed E-state index contributed by atoms with van der Waals surface area (Å²) in [5.41, 5.74) is 6.11. The maximum atomic E-state index is 13.9. The maximum absolute atomic E-state index is 13.9. The first-order chi connectivity index (χ1) is 13.4. The molecular weight excluding hydrogens is 387 g/mol. The third-order valence-corrected chi connectivity index (χ3v) is 5.10. The van der Waals surface area contributed by atoms with Crippen molar-refractivity contribution in [2.24, 2.45) is 11.7 Å². The molecule has 0 radical (unpaired) electrons. The van der Waals surface area contributed by atoms with Crippen LogP contribution in [0, 0.1) is 21.8 Å². The molecule has 3 rings (SSSR count). The number of hydrogen-bond donors (Lipinski definition) is 3. The Morgan fingerprint density at radius 1 is 1.29 bits per heavy atom. The highest BCUT2D eigenvalue weighted by Crippen LogP contribution is 2.26. The van der Waals surface area contributed by atoms with Crippen molar-refractivity contribution >= 4 is 29.1 Å². The summed E-state index contributed by atoms with van der Waals surface area (Å²) >= 11 is 5.74. The number of nitrogens with zero attached hydrogens (tertiary/aromatic N) is 3. The number of benzene rings is 1. The van der Waals surface area contributed by atoms with E-state index in [0.717, 1.165) is 31.9 Å². The molecule has 4 N–H and O–H groups in total. The van der Waals surface area contributed by atoms with E-state index in [9.17, 15) is 14.5 Å². The molecule has 0 aliphatic heterocycles. The van der Waals surface area contributed by atoms with Crippen molar-refractivity contribution in [1.29, 1.82) is 0 Å². The number of nitro groups is 1. The van der Waals surface area contributed by atoms with Crippen molar-refractivity contribution in [1.82, 2.24) is 9.97 Å². The molecule has 0 bridgehead atoms. The molecule has 8 nitrogen and oxygen atoms in total. The topological polar surface area (TPSA) is 119 Å². The predicted octanol–water partition coefficient (Wildman–Crippen LogP) is 3.72. The zero-order valence-corrected chi connectivity index (χ0v) is 16.0. The van der Waals surface area contributed by atoms with Crippen LogP contribution < -0.4 is 16.4 Å². The van der Waals surface area contributed by atoms with Crippen molar-refractivity contribution in [3.8, 4) is 0 Å². The lowest BCUT2D eigenvalue weighted by Crippen LogP contribution is -2.29. The molecule has 0 spiro atoms. The fourth-order valence-corrected chi connectivity index (χ4v) is 3.36. The second kappa shape index (κ2) is 9.11. The third kappa shape index (κ3) is 5.26. The average molecular weight is 409 g/mol. The summed E-state index contributed by atoms with van der Waals surface area (Å²) in [5, 5.41) is 17.5. The van der Waals surface area contributed by atoms with E-state index in [0.29, 0.717) is 23.0 Å². The van der Waals surface area contributed by atoms with Gasteiger partial charge in [0.25, 0.3) is 0 Å². The van der Waals surface area contributed by atoms with Crippen LogP contribution in [0.5, 0.6) is 0 Å². The van der Waals surface area contributed by atoms with Crippen LogP contribution in [0.25, 0.3) is 0 Å². The third-order valence-electron chi connectivity index (χ3n) is 4.87. The van der Waals surface area contributed by atoms with Crippen LogP contribution in [0.15, 0.2) is 24.4 Å². The quantitative estimate of drug-likeness (QED) is 0.471. The Hall–Kier alpha value is -2.52. The molecule has 10 heteroatoms. The standard InChI is InChI=1S/C18H22ClFN6O2/c19-13-4-3-12(15(20)7-13)9-23-18-24-10-16(26(27)28)17(25-18)22-8-11-1-5-14(21)6-2-11/h3-4,7,10-11,14H,1-2,5-6,8-9,21H2,(H2,22,23,24,25). The lowest BCUT2D eigenvalue weighted by Gasteiger charge is -2.26. The summed E-state index contributed by atoms with van der Waals surface area (Å²) in [6, 6.07) is 4.61. The van der Waals surface area contributed by atoms with E-state index in [1.165, 1.54) is 6.07 Å². The van der Waals surface area contributed by atoms with Crippen LogP contribution >= 0.6 is 11.6 Å². The maximum Gasteiger partial charge on any atom is 0.329 e. The number of anilines is 2. The highest BCUT2D eigenvalue weighted by molar-refractivity contribution is 6.30. The van der Waals surface area contributed by atoms with Crippen LogP contribution in [0.4, 0.5) is 21.8 Å². The average Bonchev–Trinajstić information content (AvgIpc) is 2.67. The molecule has 2 aromatic rings. The molecule has 1 fully saturated rings. The molecule has 1 aromatic heterocycles. The van der Waals surface area contributed by atoms with E-state index >= 15 is 0 Å². The molecule has 1 aromatic carbocycles. The molecule has 1 heterocycles. The zero-order chi connectivity index (χ0) is 20.1. The number of halogens is 2. The van der Waals surface area contributed by atoms with Crippen LogP contribution in [0.3, 0.4) is 0 Å². The van der Waals surface area contributed by atoms with Gasteiger partial charge in [-0.15, -0.1) is 0 Å². The Labute approximate surface area is 166 Å².